The Hall–Kier alpha value is -0.0300. The van der Waals surface area contributed by atoms with Crippen LogP contribution < -0.4 is 15.5 Å². The normalized spacial score (nSPS) is 28.1. The Kier molecular flexibility index (Phi) is 14.4. The number of methoxy groups -OCH3 is 1. The Morgan fingerprint density at radius 3 is 2.35 bits per heavy atom. The molecule has 0 aromatic carbocycles. The molecule has 3 fully saturated rings. The highest BCUT2D eigenvalue weighted by Crippen LogP contribution is 2.33. The lowest BCUT2D eigenvalue weighted by atomic mass is 9.89. The van der Waals surface area contributed by atoms with E-state index in [4.69, 9.17) is 9.57 Å². The van der Waals surface area contributed by atoms with Crippen molar-refractivity contribution in [1.29, 1.82) is 0 Å². The average molecular weight is 560 g/mol. The Bertz CT molecular complexity index is 643. The third-order valence-electron chi connectivity index (χ3n) is 8.66. The van der Waals surface area contributed by atoms with Gasteiger partial charge in [0.1, 0.15) is 11.6 Å². The van der Waals surface area contributed by atoms with Gasteiger partial charge in [-0.2, -0.15) is 17.2 Å². The van der Waals surface area contributed by atoms with Crippen LogP contribution in [0.3, 0.4) is 0 Å². The number of thioether (sulfide) groups is 1. The summed E-state index contributed by atoms with van der Waals surface area (Å²) < 4.78 is 9.04. The van der Waals surface area contributed by atoms with Gasteiger partial charge in [-0.15, -0.1) is 0 Å². The van der Waals surface area contributed by atoms with Crippen LogP contribution in [0.5, 0.6) is 0 Å². The van der Waals surface area contributed by atoms with Crippen molar-refractivity contribution in [2.45, 2.75) is 131 Å². The van der Waals surface area contributed by atoms with E-state index in [1.807, 2.05) is 5.48 Å². The van der Waals surface area contributed by atoms with E-state index in [1.54, 1.807) is 26.2 Å². The maximum Gasteiger partial charge on any atom is 0.262 e. The molecule has 0 heterocycles. The van der Waals surface area contributed by atoms with Crippen molar-refractivity contribution in [2.24, 2.45) is 0 Å². The van der Waals surface area contributed by atoms with Gasteiger partial charge in [0.15, 0.2) is 0 Å². The van der Waals surface area contributed by atoms with Crippen LogP contribution in [0.15, 0.2) is 0 Å². The third kappa shape index (κ3) is 10.5. The molecule has 7 nitrogen and oxygen atoms in total. The minimum atomic E-state index is -0.643. The Balaban J connectivity index is 1.52. The SMILES string of the molecule is CO[NH2+]C1CC(SNC(=O)C2(OC)CCCCCC2)CCC1NC(CCN(C)C)CSC1CCCCC1. The van der Waals surface area contributed by atoms with Crippen LogP contribution in [0, 0.1) is 0 Å². The van der Waals surface area contributed by atoms with Crippen LogP contribution in [0.4, 0.5) is 0 Å². The number of rotatable bonds is 14. The molecule has 216 valence electrons. The minimum Gasteiger partial charge on any atom is -0.368 e. The van der Waals surface area contributed by atoms with Gasteiger partial charge < -0.3 is 15.0 Å². The first-order valence-corrected chi connectivity index (χ1v) is 16.8. The van der Waals surface area contributed by atoms with Gasteiger partial charge in [-0.1, -0.05) is 44.9 Å². The van der Waals surface area contributed by atoms with Crippen LogP contribution in [0.1, 0.15) is 96.3 Å². The van der Waals surface area contributed by atoms with E-state index in [2.05, 4.69) is 40.8 Å². The smallest absolute Gasteiger partial charge is 0.262 e. The van der Waals surface area contributed by atoms with E-state index in [0.29, 0.717) is 23.4 Å². The van der Waals surface area contributed by atoms with Crippen molar-refractivity contribution in [3.8, 4) is 0 Å². The zero-order valence-corrected chi connectivity index (χ0v) is 25.6. The molecule has 3 rings (SSSR count). The van der Waals surface area contributed by atoms with Crippen molar-refractivity contribution in [1.82, 2.24) is 14.9 Å². The Labute approximate surface area is 235 Å². The molecule has 3 aliphatic rings. The fourth-order valence-electron chi connectivity index (χ4n) is 6.27. The molecule has 9 heteroatoms. The van der Waals surface area contributed by atoms with Crippen molar-refractivity contribution in [3.05, 3.63) is 0 Å². The van der Waals surface area contributed by atoms with Gasteiger partial charge in [0.25, 0.3) is 5.91 Å². The van der Waals surface area contributed by atoms with Crippen LogP contribution in [-0.2, 0) is 14.4 Å². The summed E-state index contributed by atoms with van der Waals surface area (Å²) in [5, 5.41) is 5.31. The molecule has 4 unspecified atom stereocenters. The summed E-state index contributed by atoms with van der Waals surface area (Å²) in [6.45, 7) is 1.11. The summed E-state index contributed by atoms with van der Waals surface area (Å²) in [4.78, 5) is 21.1. The molecule has 0 aromatic rings. The lowest BCUT2D eigenvalue weighted by molar-refractivity contribution is -0.914. The minimum absolute atomic E-state index is 0.0675. The molecule has 3 saturated carbocycles. The second-order valence-corrected chi connectivity index (χ2v) is 14.2. The molecular formula is C28H55N4O3S2+. The largest absolute Gasteiger partial charge is 0.368 e. The van der Waals surface area contributed by atoms with Gasteiger partial charge in [0.2, 0.25) is 0 Å². The first kappa shape index (κ1) is 31.5. The molecule has 1 amide bonds. The molecule has 0 radical (unpaired) electrons. The summed E-state index contributed by atoms with van der Waals surface area (Å²) in [6.07, 6.45) is 17.6. The quantitative estimate of drug-likeness (QED) is 0.169. The van der Waals surface area contributed by atoms with Crippen LogP contribution in [0.25, 0.3) is 0 Å². The molecule has 0 aliphatic heterocycles. The number of nitrogens with one attached hydrogen (secondary N) is 2. The fourth-order valence-corrected chi connectivity index (χ4v) is 8.74. The van der Waals surface area contributed by atoms with Gasteiger partial charge in [-0.05, 0) is 77.5 Å². The molecule has 0 aromatic heterocycles. The lowest BCUT2D eigenvalue weighted by Crippen LogP contribution is -2.93. The first-order valence-electron chi connectivity index (χ1n) is 14.9. The first-order chi connectivity index (χ1) is 18.0. The topological polar surface area (TPSA) is 79.4 Å². The number of ether oxygens (including phenoxy) is 1. The summed E-state index contributed by atoms with van der Waals surface area (Å²) in [5.41, 5.74) is 1.39. The number of hydroxylamine groups is 1. The highest BCUT2D eigenvalue weighted by Gasteiger charge is 2.40. The summed E-state index contributed by atoms with van der Waals surface area (Å²) >= 11 is 3.82. The molecule has 4 N–H and O–H groups in total. The maximum atomic E-state index is 13.2. The highest BCUT2D eigenvalue weighted by atomic mass is 32.2. The molecule has 3 aliphatic carbocycles. The zero-order valence-electron chi connectivity index (χ0n) is 24.0. The van der Waals surface area contributed by atoms with Crippen molar-refractivity contribution >= 4 is 29.6 Å². The van der Waals surface area contributed by atoms with E-state index >= 15 is 0 Å². The zero-order chi connectivity index (χ0) is 26.5. The number of nitrogens with two attached hydrogens (primary N) is 1. The van der Waals surface area contributed by atoms with Crippen molar-refractivity contribution < 1.29 is 19.8 Å². The van der Waals surface area contributed by atoms with Gasteiger partial charge in [0, 0.05) is 35.8 Å². The standard InChI is InChI=1S/C28H54N4O3S2/c1-32(2)19-16-22(21-36-23-12-8-7-9-13-23)29-25-15-14-24(20-26(25)30-35-4)37-31-27(33)28(34-3)17-10-5-6-11-18-28/h22-26,29-30H,5-21H2,1-4H3,(H,31,33)/p+1. The monoisotopic (exact) mass is 559 g/mol. The van der Waals surface area contributed by atoms with Gasteiger partial charge in [-0.3, -0.25) is 9.52 Å². The number of amides is 1. The summed E-state index contributed by atoms with van der Waals surface area (Å²) in [5.74, 6) is 1.26. The predicted molar refractivity (Wildman–Crippen MR) is 157 cm³/mol. The Morgan fingerprint density at radius 2 is 1.70 bits per heavy atom. The molecule has 0 spiro atoms. The summed E-state index contributed by atoms with van der Waals surface area (Å²) in [6, 6.07) is 1.30. The number of quaternary nitrogens is 1. The second-order valence-electron chi connectivity index (χ2n) is 11.8. The van der Waals surface area contributed by atoms with Gasteiger partial charge in [-0.25, -0.2) is 4.84 Å². The molecule has 4 atom stereocenters. The summed E-state index contributed by atoms with van der Waals surface area (Å²) in [7, 11) is 7.82. The Morgan fingerprint density at radius 1 is 1.00 bits per heavy atom. The average Bonchev–Trinajstić information content (AvgIpc) is 3.17. The number of carbonyl (C=O) groups excluding carboxylic acids is 1. The molecule has 0 saturated heterocycles. The fraction of sp³-hybridized carbons (Fsp3) is 0.964. The number of nitrogens with zero attached hydrogens (tertiary/aromatic N) is 1. The van der Waals surface area contributed by atoms with Crippen LogP contribution >= 0.6 is 23.7 Å². The molecular weight excluding hydrogens is 504 g/mol. The van der Waals surface area contributed by atoms with E-state index in [1.165, 1.54) is 57.1 Å². The number of hydrogen-bond acceptors (Lipinski definition) is 7. The number of carbonyl (C=O) groups is 1. The van der Waals surface area contributed by atoms with E-state index in [9.17, 15) is 4.79 Å². The molecule has 37 heavy (non-hydrogen) atoms. The maximum absolute atomic E-state index is 13.2. The predicted octanol–water partition coefficient (Wildman–Crippen LogP) is 3.88. The van der Waals surface area contributed by atoms with Crippen molar-refractivity contribution in [3.63, 3.8) is 0 Å². The van der Waals surface area contributed by atoms with E-state index in [0.717, 1.165) is 56.7 Å². The highest BCUT2D eigenvalue weighted by molar-refractivity contribution is 8.00. The number of hydrogen-bond donors (Lipinski definition) is 3. The molecule has 0 bridgehead atoms. The lowest BCUT2D eigenvalue weighted by Gasteiger charge is -2.37. The van der Waals surface area contributed by atoms with Gasteiger partial charge in [0.05, 0.1) is 13.2 Å². The van der Waals surface area contributed by atoms with Crippen LogP contribution in [0.2, 0.25) is 0 Å². The van der Waals surface area contributed by atoms with Gasteiger partial charge >= 0.3 is 0 Å². The van der Waals surface area contributed by atoms with Crippen molar-refractivity contribution in [2.75, 3.05) is 40.6 Å². The van der Waals surface area contributed by atoms with E-state index < -0.39 is 5.60 Å². The second kappa shape index (κ2) is 16.9. The third-order valence-corrected chi connectivity index (χ3v) is 11.3. The van der Waals surface area contributed by atoms with Crippen LogP contribution in [-0.4, -0.2) is 85.6 Å². The van der Waals surface area contributed by atoms with E-state index in [-0.39, 0.29) is 5.91 Å².